The highest BCUT2D eigenvalue weighted by molar-refractivity contribution is 7.96. The molecular weight excluding hydrogens is 675 g/mol. The molecule has 1 aliphatic rings. The summed E-state index contributed by atoms with van der Waals surface area (Å²) in [6.45, 7) is 14.3. The molecule has 1 N–H and O–H groups in total. The second-order valence-electron chi connectivity index (χ2n) is 12.2. The second-order valence-corrected chi connectivity index (χ2v) is 15.7. The first-order valence-corrected chi connectivity index (χ1v) is 19.2. The van der Waals surface area contributed by atoms with Crippen LogP contribution in [0, 0.1) is 31.4 Å². The lowest BCUT2D eigenvalue weighted by molar-refractivity contribution is 0.410. The molecule has 0 spiro atoms. The Balaban J connectivity index is 0.00000128. The number of terminal acetylenes is 1. The summed E-state index contributed by atoms with van der Waals surface area (Å²) in [6.07, 6.45) is 14.3. The third-order valence-corrected chi connectivity index (χ3v) is 10.8. The molecule has 0 fully saturated rings. The number of rotatable bonds is 11. The van der Waals surface area contributed by atoms with Crippen LogP contribution in [0.3, 0.4) is 0 Å². The molecule has 9 heteroatoms. The smallest absolute Gasteiger partial charge is 0.244 e. The van der Waals surface area contributed by atoms with Gasteiger partial charge in [-0.1, -0.05) is 101 Å². The van der Waals surface area contributed by atoms with Crippen molar-refractivity contribution in [3.63, 3.8) is 0 Å². The summed E-state index contributed by atoms with van der Waals surface area (Å²) >= 11 is 0. The third kappa shape index (κ3) is 13.9. The summed E-state index contributed by atoms with van der Waals surface area (Å²) in [5, 5.41) is 14.0. The summed E-state index contributed by atoms with van der Waals surface area (Å²) in [6, 6.07) is 16.9. The molecule has 0 unspecified atom stereocenters. The zero-order chi connectivity index (χ0) is 37.5. The summed E-state index contributed by atoms with van der Waals surface area (Å²) < 4.78 is 59.7. The molecule has 1 aliphatic carbocycles. The van der Waals surface area contributed by atoms with Gasteiger partial charge in [0.2, 0.25) is 19.7 Å². The molecule has 2 radical (unpaired) electrons. The van der Waals surface area contributed by atoms with Gasteiger partial charge in [0, 0.05) is 18.1 Å². The fourth-order valence-corrected chi connectivity index (χ4v) is 7.00. The number of hydrogen-bond acceptors (Lipinski definition) is 6. The van der Waals surface area contributed by atoms with E-state index in [-0.39, 0.29) is 49.0 Å². The van der Waals surface area contributed by atoms with Gasteiger partial charge in [-0.3, -0.25) is 0 Å². The van der Waals surface area contributed by atoms with Crippen LogP contribution in [0.25, 0.3) is 0 Å². The van der Waals surface area contributed by atoms with Crippen molar-refractivity contribution in [3.8, 4) is 23.2 Å². The Labute approximate surface area is 312 Å². The van der Waals surface area contributed by atoms with E-state index in [0.29, 0.717) is 11.3 Å². The summed E-state index contributed by atoms with van der Waals surface area (Å²) in [4.78, 5) is 0.392. The minimum atomic E-state index is -3.65. The quantitative estimate of drug-likeness (QED) is 0.0526. The zero-order valence-corrected chi connectivity index (χ0v) is 30.9. The molecule has 0 saturated heterocycles. The number of sulfone groups is 2. The molecule has 0 saturated carbocycles. The van der Waals surface area contributed by atoms with Crippen LogP contribution in [0.1, 0.15) is 97.3 Å². The number of unbranched alkanes of at least 4 members (excludes halogenated alkanes) is 2. The van der Waals surface area contributed by atoms with E-state index in [0.717, 1.165) is 66.2 Å². The van der Waals surface area contributed by atoms with Crippen molar-refractivity contribution in [1.29, 1.82) is 0 Å². The van der Waals surface area contributed by atoms with Crippen LogP contribution in [0.15, 0.2) is 106 Å². The Kier molecular flexibility index (Phi) is 19.5. The number of hydrogen-bond donors (Lipinski definition) is 1. The molecule has 3 aromatic rings. The number of ether oxygens (including phenoxy) is 1. The topological polar surface area (TPSA) is 97.7 Å². The van der Waals surface area contributed by atoms with Crippen LogP contribution in [0.5, 0.6) is 11.5 Å². The van der Waals surface area contributed by atoms with E-state index < -0.39 is 19.7 Å². The van der Waals surface area contributed by atoms with Crippen molar-refractivity contribution in [3.05, 3.63) is 118 Å². The van der Waals surface area contributed by atoms with E-state index in [1.165, 1.54) is 24.0 Å². The summed E-state index contributed by atoms with van der Waals surface area (Å²) in [5.74, 6) is 0.779. The zero-order valence-electron chi connectivity index (χ0n) is 30.3. The number of aromatic hydroxyl groups is 1. The predicted molar refractivity (Wildman–Crippen MR) is 216 cm³/mol. The van der Waals surface area contributed by atoms with E-state index in [2.05, 4.69) is 34.3 Å². The third-order valence-electron chi connectivity index (χ3n) is 8.23. The maximum atomic E-state index is 12.8. The highest BCUT2D eigenvalue weighted by Gasteiger charge is 2.30. The largest absolute Gasteiger partial charge is 0.507 e. The van der Waals surface area contributed by atoms with Crippen LogP contribution in [0.2, 0.25) is 6.80 Å². The molecular formula is C42H57BO6S2. The van der Waals surface area contributed by atoms with Gasteiger partial charge < -0.3 is 9.84 Å². The van der Waals surface area contributed by atoms with Crippen LogP contribution >= 0.6 is 0 Å². The Bertz CT molecular complexity index is 1890. The summed E-state index contributed by atoms with van der Waals surface area (Å²) in [7, 11) is -2.62. The van der Waals surface area contributed by atoms with E-state index in [1.807, 2.05) is 32.9 Å². The van der Waals surface area contributed by atoms with E-state index >= 15 is 0 Å². The fourth-order valence-electron chi connectivity index (χ4n) is 5.50. The van der Waals surface area contributed by atoms with Crippen LogP contribution in [-0.4, -0.2) is 29.8 Å². The first-order chi connectivity index (χ1) is 23.6. The molecule has 0 amide bonds. The van der Waals surface area contributed by atoms with Crippen molar-refractivity contribution < 1.29 is 28.0 Å². The lowest BCUT2D eigenvalue weighted by atomic mass is 9.73. The summed E-state index contributed by atoms with van der Waals surface area (Å²) in [5.41, 5.74) is 6.00. The van der Waals surface area contributed by atoms with Crippen LogP contribution < -0.4 is 4.74 Å². The fraction of sp³-hybridized carbons (Fsp3) is 0.381. The van der Waals surface area contributed by atoms with E-state index in [1.54, 1.807) is 41.7 Å². The first-order valence-electron chi connectivity index (χ1n) is 16.9. The highest BCUT2D eigenvalue weighted by Crippen LogP contribution is 2.47. The molecule has 3 aromatic carbocycles. The molecule has 0 heterocycles. The minimum Gasteiger partial charge on any atom is -0.507 e. The van der Waals surface area contributed by atoms with E-state index in [4.69, 9.17) is 12.5 Å². The highest BCUT2D eigenvalue weighted by atomic mass is 32.2. The van der Waals surface area contributed by atoms with Gasteiger partial charge in [-0.05, 0) is 101 Å². The molecule has 51 heavy (non-hydrogen) atoms. The number of aryl methyl sites for hydroxylation is 3. The van der Waals surface area contributed by atoms with Gasteiger partial charge in [-0.25, -0.2) is 16.8 Å². The van der Waals surface area contributed by atoms with Crippen molar-refractivity contribution in [2.45, 2.75) is 111 Å². The average Bonchev–Trinajstić information content (AvgIpc) is 3.05. The minimum absolute atomic E-state index is 0. The first kappa shape index (κ1) is 45.0. The predicted octanol–water partition coefficient (Wildman–Crippen LogP) is 10.6. The molecule has 6 nitrogen and oxygen atoms in total. The van der Waals surface area contributed by atoms with Gasteiger partial charge in [-0.15, -0.1) is 6.42 Å². The normalized spacial score (nSPS) is 15.5. The van der Waals surface area contributed by atoms with Gasteiger partial charge >= 0.3 is 0 Å². The van der Waals surface area contributed by atoms with Crippen LogP contribution in [0.4, 0.5) is 0 Å². The number of phenols is 1. The standard InChI is InChI=1S/C30H38O4S.C9H8O2S.CH3B.2CH4/c1-6-7-8-9-24-19-28(31)30(27-18-23(5)12-15-26(27)21(2)3)29(20-24)34-16-17-35(32,33)25-13-10-22(4)11-14-25;1-3-12(10,11)9-6-4-8(2)5-7-9;1-2;;/h10-11,13-14,16-20,26-27,31H,2,6-9,12,15H2,1,3-5H3;1,4-7H,2H3;1H3;2*1H4/t26-,27+;;;;/m0..../s1/i;;1D;;. The maximum Gasteiger partial charge on any atom is 0.244 e. The van der Waals surface area contributed by atoms with Gasteiger partial charge in [0.05, 0.1) is 23.0 Å². The Hall–Kier alpha value is -4.00. The lowest BCUT2D eigenvalue weighted by Gasteiger charge is -2.32. The van der Waals surface area contributed by atoms with Crippen molar-refractivity contribution >= 4 is 27.5 Å². The lowest BCUT2D eigenvalue weighted by Crippen LogP contribution is -2.17. The molecule has 0 aromatic heterocycles. The molecule has 4 rings (SSSR count). The van der Waals surface area contributed by atoms with Gasteiger partial charge in [0.25, 0.3) is 0 Å². The van der Waals surface area contributed by atoms with Crippen LogP contribution in [-0.2, 0) is 26.1 Å². The SMILES string of the molecule is C.C.C#CS(=O)(=O)c1ccc(C)cc1.C=C(C)[C@@H]1CCC(C)=C[C@H]1c1c(O)cc(CCCCC)cc1OC=CS(=O)(=O)c1ccc(C)cc1.[2H]C[B]. The Morgan fingerprint density at radius 2 is 1.57 bits per heavy atom. The van der Waals surface area contributed by atoms with Crippen molar-refractivity contribution in [2.24, 2.45) is 5.92 Å². The van der Waals surface area contributed by atoms with Gasteiger partial charge in [-0.2, -0.15) is 0 Å². The van der Waals surface area contributed by atoms with Crippen molar-refractivity contribution in [2.75, 3.05) is 0 Å². The number of benzene rings is 3. The van der Waals surface area contributed by atoms with E-state index in [9.17, 15) is 21.9 Å². The maximum absolute atomic E-state index is 12.8. The van der Waals surface area contributed by atoms with Gasteiger partial charge in [0.1, 0.15) is 17.8 Å². The average molecular weight is 734 g/mol. The Morgan fingerprint density at radius 3 is 2.08 bits per heavy atom. The molecule has 0 bridgehead atoms. The molecule has 0 aliphatic heterocycles. The monoisotopic (exact) mass is 733 g/mol. The van der Waals surface area contributed by atoms with Crippen molar-refractivity contribution in [1.82, 2.24) is 0 Å². The number of phenolic OH excluding ortho intramolecular Hbond substituents is 1. The molecule has 276 valence electrons. The second kappa shape index (κ2) is 22.1. The Morgan fingerprint density at radius 1 is 1.02 bits per heavy atom. The van der Waals surface area contributed by atoms with Gasteiger partial charge in [0.15, 0.2) is 0 Å². The molecule has 2 atom stereocenters. The number of allylic oxidation sites excluding steroid dienone is 3.